The van der Waals surface area contributed by atoms with Crippen molar-refractivity contribution < 1.29 is 18.3 Å². The quantitative estimate of drug-likeness (QED) is 0.781. The van der Waals surface area contributed by atoms with Crippen LogP contribution in [-0.2, 0) is 14.6 Å². The lowest BCUT2D eigenvalue weighted by Crippen LogP contribution is -2.40. The molecule has 0 aromatic rings. The van der Waals surface area contributed by atoms with Gasteiger partial charge in [-0.15, -0.1) is 0 Å². The normalized spacial score (nSPS) is 19.9. The molecule has 4 nitrogen and oxygen atoms in total. The summed E-state index contributed by atoms with van der Waals surface area (Å²) in [4.78, 5) is 11.0. The Kier molecular flexibility index (Phi) is 3.43. The van der Waals surface area contributed by atoms with E-state index in [0.717, 1.165) is 6.42 Å². The summed E-state index contributed by atoms with van der Waals surface area (Å²) in [6.45, 7) is 3.26. The number of aliphatic carboxylic acids is 1. The fourth-order valence-electron chi connectivity index (χ4n) is 1.75. The summed E-state index contributed by atoms with van der Waals surface area (Å²) >= 11 is 0. The Hall–Kier alpha value is -0.580. The summed E-state index contributed by atoms with van der Waals surface area (Å²) in [5.41, 5.74) is -0.748. The van der Waals surface area contributed by atoms with Gasteiger partial charge in [-0.2, -0.15) is 0 Å². The number of carbonyl (C=O) groups is 1. The SMILES string of the molecule is CC(C)S(=O)(=O)CCC1(C(=O)O)CCC1. The van der Waals surface area contributed by atoms with Crippen molar-refractivity contribution in [2.24, 2.45) is 5.41 Å². The number of hydrogen-bond donors (Lipinski definition) is 1. The number of carboxylic acid groups (broad SMARTS) is 1. The first kappa shape index (κ1) is 12.5. The fraction of sp³-hybridized carbons (Fsp3) is 0.900. The monoisotopic (exact) mass is 234 g/mol. The third-order valence-electron chi connectivity index (χ3n) is 3.35. The van der Waals surface area contributed by atoms with Gasteiger partial charge in [-0.25, -0.2) is 8.42 Å². The molecule has 15 heavy (non-hydrogen) atoms. The predicted molar refractivity (Wildman–Crippen MR) is 57.5 cm³/mol. The first-order chi connectivity index (χ1) is 6.80. The molecule has 0 saturated heterocycles. The highest BCUT2D eigenvalue weighted by Gasteiger charge is 2.44. The van der Waals surface area contributed by atoms with Gasteiger partial charge in [-0.05, 0) is 33.1 Å². The van der Waals surface area contributed by atoms with Gasteiger partial charge in [0.2, 0.25) is 0 Å². The van der Waals surface area contributed by atoms with Crippen molar-refractivity contribution in [2.75, 3.05) is 5.75 Å². The highest BCUT2D eigenvalue weighted by atomic mass is 32.2. The largest absolute Gasteiger partial charge is 0.481 e. The van der Waals surface area contributed by atoms with Crippen molar-refractivity contribution in [3.8, 4) is 0 Å². The molecular formula is C10H18O4S. The molecule has 0 bridgehead atoms. The lowest BCUT2D eigenvalue weighted by molar-refractivity contribution is -0.154. The molecule has 0 radical (unpaired) electrons. The van der Waals surface area contributed by atoms with E-state index in [4.69, 9.17) is 5.11 Å². The molecule has 0 aliphatic heterocycles. The highest BCUT2D eigenvalue weighted by molar-refractivity contribution is 7.91. The van der Waals surface area contributed by atoms with E-state index in [9.17, 15) is 13.2 Å². The van der Waals surface area contributed by atoms with Crippen LogP contribution in [0.1, 0.15) is 39.5 Å². The maximum atomic E-state index is 11.5. The summed E-state index contributed by atoms with van der Waals surface area (Å²) in [6.07, 6.45) is 2.41. The van der Waals surface area contributed by atoms with Crippen molar-refractivity contribution in [3.05, 3.63) is 0 Å². The Morgan fingerprint density at radius 2 is 1.93 bits per heavy atom. The van der Waals surface area contributed by atoms with E-state index in [2.05, 4.69) is 0 Å². The van der Waals surface area contributed by atoms with Crippen LogP contribution in [-0.4, -0.2) is 30.5 Å². The zero-order valence-corrected chi connectivity index (χ0v) is 10.0. The van der Waals surface area contributed by atoms with Crippen molar-refractivity contribution >= 4 is 15.8 Å². The second-order valence-electron chi connectivity index (χ2n) is 4.60. The molecule has 5 heteroatoms. The van der Waals surface area contributed by atoms with Crippen LogP contribution in [0.4, 0.5) is 0 Å². The molecule has 0 atom stereocenters. The summed E-state index contributed by atoms with van der Waals surface area (Å²) in [5.74, 6) is -0.843. The van der Waals surface area contributed by atoms with E-state index in [-0.39, 0.29) is 12.2 Å². The number of rotatable bonds is 5. The topological polar surface area (TPSA) is 71.4 Å². The lowest BCUT2D eigenvalue weighted by Gasteiger charge is -2.37. The standard InChI is InChI=1S/C10H18O4S/c1-8(2)15(13,14)7-6-10(9(11)12)4-3-5-10/h8H,3-7H2,1-2H3,(H,11,12). The summed E-state index contributed by atoms with van der Waals surface area (Å²) < 4.78 is 23.1. The van der Waals surface area contributed by atoms with Crippen molar-refractivity contribution in [2.45, 2.75) is 44.8 Å². The van der Waals surface area contributed by atoms with Gasteiger partial charge in [0.15, 0.2) is 9.84 Å². The van der Waals surface area contributed by atoms with E-state index in [1.54, 1.807) is 13.8 Å². The van der Waals surface area contributed by atoms with Crippen molar-refractivity contribution in [3.63, 3.8) is 0 Å². The van der Waals surface area contributed by atoms with Gasteiger partial charge >= 0.3 is 5.97 Å². The Labute approximate surface area is 90.6 Å². The first-order valence-electron chi connectivity index (χ1n) is 5.25. The minimum Gasteiger partial charge on any atom is -0.481 e. The van der Waals surface area contributed by atoms with Gasteiger partial charge in [0.25, 0.3) is 0 Å². The van der Waals surface area contributed by atoms with Gasteiger partial charge in [-0.1, -0.05) is 6.42 Å². The van der Waals surface area contributed by atoms with Gasteiger partial charge in [0, 0.05) is 0 Å². The molecule has 0 spiro atoms. The molecular weight excluding hydrogens is 216 g/mol. The Morgan fingerprint density at radius 1 is 1.40 bits per heavy atom. The van der Waals surface area contributed by atoms with Gasteiger partial charge in [0.1, 0.15) is 0 Å². The molecule has 1 N–H and O–H groups in total. The Bertz CT molecular complexity index is 338. The third-order valence-corrected chi connectivity index (χ3v) is 5.56. The van der Waals surface area contributed by atoms with E-state index in [1.807, 2.05) is 0 Å². The molecule has 0 amide bonds. The molecule has 1 aliphatic rings. The van der Waals surface area contributed by atoms with Crippen LogP contribution >= 0.6 is 0 Å². The summed E-state index contributed by atoms with van der Waals surface area (Å²) in [5, 5.41) is 8.61. The average molecular weight is 234 g/mol. The van der Waals surface area contributed by atoms with Gasteiger partial charge in [-0.3, -0.25) is 4.79 Å². The Balaban J connectivity index is 2.60. The zero-order valence-electron chi connectivity index (χ0n) is 9.19. The molecule has 88 valence electrons. The predicted octanol–water partition coefficient (Wildman–Crippen LogP) is 1.45. The van der Waals surface area contributed by atoms with E-state index in [1.165, 1.54) is 0 Å². The number of carboxylic acids is 1. The fourth-order valence-corrected chi connectivity index (χ4v) is 2.89. The van der Waals surface area contributed by atoms with Crippen LogP contribution in [0.15, 0.2) is 0 Å². The first-order valence-corrected chi connectivity index (χ1v) is 6.97. The average Bonchev–Trinajstić information content (AvgIpc) is 2.00. The van der Waals surface area contributed by atoms with Crippen molar-refractivity contribution in [1.29, 1.82) is 0 Å². The van der Waals surface area contributed by atoms with Gasteiger partial charge in [0.05, 0.1) is 16.4 Å². The minimum atomic E-state index is -3.10. The van der Waals surface area contributed by atoms with E-state index >= 15 is 0 Å². The number of hydrogen-bond acceptors (Lipinski definition) is 3. The van der Waals surface area contributed by atoms with Crippen LogP contribution in [0.2, 0.25) is 0 Å². The molecule has 0 aromatic carbocycles. The van der Waals surface area contributed by atoms with Crippen LogP contribution in [0, 0.1) is 5.41 Å². The smallest absolute Gasteiger partial charge is 0.309 e. The zero-order chi connectivity index (χ0) is 11.7. The molecule has 0 heterocycles. The summed E-state index contributed by atoms with van der Waals surface area (Å²) in [6, 6.07) is 0. The molecule has 1 rings (SSSR count). The van der Waals surface area contributed by atoms with Gasteiger partial charge < -0.3 is 5.11 Å². The second-order valence-corrected chi connectivity index (χ2v) is 7.28. The molecule has 1 aliphatic carbocycles. The van der Waals surface area contributed by atoms with Crippen LogP contribution < -0.4 is 0 Å². The Morgan fingerprint density at radius 3 is 2.20 bits per heavy atom. The maximum absolute atomic E-state index is 11.5. The maximum Gasteiger partial charge on any atom is 0.309 e. The molecule has 0 aromatic heterocycles. The highest BCUT2D eigenvalue weighted by Crippen LogP contribution is 2.44. The second kappa shape index (κ2) is 4.12. The van der Waals surface area contributed by atoms with Crippen molar-refractivity contribution in [1.82, 2.24) is 0 Å². The van der Waals surface area contributed by atoms with E-state index < -0.39 is 26.5 Å². The van der Waals surface area contributed by atoms with Crippen LogP contribution in [0.5, 0.6) is 0 Å². The third kappa shape index (κ3) is 2.51. The molecule has 0 unspecified atom stereocenters. The van der Waals surface area contributed by atoms with Crippen LogP contribution in [0.3, 0.4) is 0 Å². The molecule has 1 fully saturated rings. The summed E-state index contributed by atoms with van der Waals surface area (Å²) in [7, 11) is -3.10. The number of sulfone groups is 1. The lowest BCUT2D eigenvalue weighted by atomic mass is 9.67. The molecule has 1 saturated carbocycles. The minimum absolute atomic E-state index is 0.00301. The van der Waals surface area contributed by atoms with E-state index in [0.29, 0.717) is 12.8 Å². The van der Waals surface area contributed by atoms with Crippen LogP contribution in [0.25, 0.3) is 0 Å².